The average Bonchev–Trinajstić information content (AvgIpc) is 2.95. The molecule has 0 aromatic heterocycles. The standard InChI is InChI=1S/C15H10BrN5.ClH/c16-10-2-1-3-11(5-10)21-15-13-9(6-17-7-19-13)4-12-14(15)20-8-18-12;/h1-6,8,21H,7H2;1H. The summed E-state index contributed by atoms with van der Waals surface area (Å²) in [5, 5.41) is 5.14. The fourth-order valence-corrected chi connectivity index (χ4v) is 2.79. The predicted octanol–water partition coefficient (Wildman–Crippen LogP) is 2.92. The van der Waals surface area contributed by atoms with Gasteiger partial charge in [0.1, 0.15) is 18.7 Å². The van der Waals surface area contributed by atoms with Crippen molar-refractivity contribution in [3.63, 3.8) is 0 Å². The SMILES string of the molecule is Brc1cccc(Nc2c3c(cc4c2=NCN=C4)=NC=N3)c1.Cl. The largest absolute Gasteiger partial charge is 0.352 e. The molecule has 1 N–H and O–H groups in total. The minimum Gasteiger partial charge on any atom is -0.352 e. The molecule has 110 valence electrons. The second kappa shape index (κ2) is 5.98. The number of rotatable bonds is 2. The fraction of sp³-hybridized carbons (Fsp3) is 0.0667. The van der Waals surface area contributed by atoms with Gasteiger partial charge in [0.05, 0.1) is 16.4 Å². The molecule has 4 rings (SSSR count). The van der Waals surface area contributed by atoms with E-state index < -0.39 is 0 Å². The summed E-state index contributed by atoms with van der Waals surface area (Å²) in [6.45, 7) is 0.444. The molecule has 2 aliphatic heterocycles. The highest BCUT2D eigenvalue weighted by molar-refractivity contribution is 9.10. The van der Waals surface area contributed by atoms with Gasteiger partial charge < -0.3 is 5.32 Å². The van der Waals surface area contributed by atoms with E-state index in [0.717, 1.165) is 37.8 Å². The smallest absolute Gasteiger partial charge is 0.130 e. The topological polar surface area (TPSA) is 61.5 Å². The minimum absolute atomic E-state index is 0. The molecule has 0 unspecified atom stereocenters. The molecule has 0 atom stereocenters. The van der Waals surface area contributed by atoms with Gasteiger partial charge in [-0.3, -0.25) is 9.98 Å². The maximum absolute atomic E-state index is 4.50. The van der Waals surface area contributed by atoms with Crippen LogP contribution in [0.1, 0.15) is 5.56 Å². The van der Waals surface area contributed by atoms with Crippen LogP contribution in [0.2, 0.25) is 0 Å². The lowest BCUT2D eigenvalue weighted by molar-refractivity contribution is 0.998. The lowest BCUT2D eigenvalue weighted by Gasteiger charge is -2.12. The van der Waals surface area contributed by atoms with Crippen molar-refractivity contribution in [1.29, 1.82) is 0 Å². The molecular formula is C15H11BrClN5. The Morgan fingerprint density at radius 3 is 2.95 bits per heavy atom. The van der Waals surface area contributed by atoms with Gasteiger partial charge in [0.25, 0.3) is 0 Å². The van der Waals surface area contributed by atoms with Crippen molar-refractivity contribution in [1.82, 2.24) is 0 Å². The molecule has 2 aromatic rings. The number of nitrogens with one attached hydrogen (secondary N) is 1. The normalized spacial score (nSPS) is 13.5. The van der Waals surface area contributed by atoms with Crippen LogP contribution in [0.25, 0.3) is 0 Å². The molecule has 0 aliphatic carbocycles. The van der Waals surface area contributed by atoms with Crippen molar-refractivity contribution >= 4 is 58.0 Å². The molecule has 0 saturated carbocycles. The summed E-state index contributed by atoms with van der Waals surface area (Å²) in [4.78, 5) is 17.3. The summed E-state index contributed by atoms with van der Waals surface area (Å²) in [6, 6.07) is 9.95. The van der Waals surface area contributed by atoms with Crippen molar-refractivity contribution in [2.24, 2.45) is 20.0 Å². The van der Waals surface area contributed by atoms with Gasteiger partial charge in [0.15, 0.2) is 0 Å². The highest BCUT2D eigenvalue weighted by atomic mass is 79.9. The lowest BCUT2D eigenvalue weighted by Crippen LogP contribution is -2.22. The van der Waals surface area contributed by atoms with Gasteiger partial charge in [-0.2, -0.15) is 0 Å². The van der Waals surface area contributed by atoms with Crippen LogP contribution in [-0.2, 0) is 0 Å². The summed E-state index contributed by atoms with van der Waals surface area (Å²) in [5.74, 6) is 0. The summed E-state index contributed by atoms with van der Waals surface area (Å²) in [6.07, 6.45) is 3.40. The molecule has 2 heterocycles. The Hall–Kier alpha value is -2.05. The van der Waals surface area contributed by atoms with Gasteiger partial charge in [0, 0.05) is 21.9 Å². The first-order valence-electron chi connectivity index (χ1n) is 6.45. The number of halogens is 2. The van der Waals surface area contributed by atoms with E-state index in [2.05, 4.69) is 41.2 Å². The van der Waals surface area contributed by atoms with Crippen LogP contribution in [-0.4, -0.2) is 19.2 Å². The summed E-state index contributed by atoms with van der Waals surface area (Å²) < 4.78 is 1.01. The zero-order valence-electron chi connectivity index (χ0n) is 11.3. The molecule has 0 spiro atoms. The molecule has 2 aromatic carbocycles. The third-order valence-electron chi connectivity index (χ3n) is 3.30. The Morgan fingerprint density at radius 1 is 1.18 bits per heavy atom. The van der Waals surface area contributed by atoms with E-state index in [-0.39, 0.29) is 12.4 Å². The van der Waals surface area contributed by atoms with Gasteiger partial charge >= 0.3 is 0 Å². The number of nitrogens with zero attached hydrogens (tertiary/aromatic N) is 4. The van der Waals surface area contributed by atoms with Crippen LogP contribution in [0.3, 0.4) is 0 Å². The molecule has 0 fully saturated rings. The summed E-state index contributed by atoms with van der Waals surface area (Å²) in [5.41, 5.74) is 3.64. The van der Waals surface area contributed by atoms with E-state index in [4.69, 9.17) is 0 Å². The van der Waals surface area contributed by atoms with E-state index >= 15 is 0 Å². The first-order valence-corrected chi connectivity index (χ1v) is 7.25. The average molecular weight is 377 g/mol. The predicted molar refractivity (Wildman–Crippen MR) is 94.0 cm³/mol. The molecule has 0 bridgehead atoms. The second-order valence-corrected chi connectivity index (χ2v) is 5.59. The van der Waals surface area contributed by atoms with Gasteiger partial charge in [-0.1, -0.05) is 22.0 Å². The zero-order chi connectivity index (χ0) is 14.2. The number of anilines is 2. The van der Waals surface area contributed by atoms with E-state index in [1.54, 1.807) is 6.34 Å². The quantitative estimate of drug-likeness (QED) is 0.860. The molecule has 0 radical (unpaired) electrons. The summed E-state index contributed by atoms with van der Waals surface area (Å²) in [7, 11) is 0. The van der Waals surface area contributed by atoms with E-state index in [0.29, 0.717) is 6.67 Å². The molecular weight excluding hydrogens is 366 g/mol. The number of hydrogen-bond acceptors (Lipinski definition) is 5. The molecule has 0 amide bonds. The van der Waals surface area contributed by atoms with E-state index in [1.165, 1.54) is 0 Å². The third-order valence-corrected chi connectivity index (χ3v) is 3.79. The Bertz CT molecular complexity index is 920. The fourth-order valence-electron chi connectivity index (χ4n) is 2.39. The maximum atomic E-state index is 4.50. The van der Waals surface area contributed by atoms with Crippen LogP contribution in [0.5, 0.6) is 0 Å². The van der Waals surface area contributed by atoms with Crippen molar-refractivity contribution in [3.8, 4) is 0 Å². The highest BCUT2D eigenvalue weighted by Crippen LogP contribution is 2.25. The van der Waals surface area contributed by atoms with Crippen LogP contribution in [0.4, 0.5) is 17.1 Å². The van der Waals surface area contributed by atoms with Crippen LogP contribution in [0.15, 0.2) is 54.8 Å². The van der Waals surface area contributed by atoms with Crippen LogP contribution in [0, 0.1) is 0 Å². The maximum Gasteiger partial charge on any atom is 0.130 e. The first-order chi connectivity index (χ1) is 10.3. The molecule has 22 heavy (non-hydrogen) atoms. The Kier molecular flexibility index (Phi) is 4.04. The van der Waals surface area contributed by atoms with Gasteiger partial charge in [0.2, 0.25) is 0 Å². The number of aliphatic imine (C=N–C) groups is 2. The molecule has 7 heteroatoms. The number of benzene rings is 2. The van der Waals surface area contributed by atoms with Crippen molar-refractivity contribution in [2.75, 3.05) is 12.0 Å². The first kappa shape index (κ1) is 14.9. The molecule has 5 nitrogen and oxygen atoms in total. The highest BCUT2D eigenvalue weighted by Gasteiger charge is 2.15. The van der Waals surface area contributed by atoms with Crippen LogP contribution >= 0.6 is 28.3 Å². The minimum atomic E-state index is 0. The molecule has 2 aliphatic rings. The Balaban J connectivity index is 0.00000144. The summed E-state index contributed by atoms with van der Waals surface area (Å²) >= 11 is 3.48. The van der Waals surface area contributed by atoms with Crippen molar-refractivity contribution in [3.05, 3.63) is 51.1 Å². The van der Waals surface area contributed by atoms with Gasteiger partial charge in [-0.05, 0) is 24.3 Å². The van der Waals surface area contributed by atoms with Crippen molar-refractivity contribution in [2.45, 2.75) is 0 Å². The second-order valence-electron chi connectivity index (χ2n) is 4.68. The van der Waals surface area contributed by atoms with Crippen molar-refractivity contribution < 1.29 is 0 Å². The zero-order valence-corrected chi connectivity index (χ0v) is 13.7. The Morgan fingerprint density at radius 2 is 2.09 bits per heavy atom. The monoisotopic (exact) mass is 375 g/mol. The van der Waals surface area contributed by atoms with E-state index in [9.17, 15) is 0 Å². The lowest BCUT2D eigenvalue weighted by atomic mass is 10.1. The number of hydrogen-bond donors (Lipinski definition) is 1. The Labute approximate surface area is 141 Å². The van der Waals surface area contributed by atoms with Gasteiger partial charge in [-0.25, -0.2) is 9.98 Å². The van der Waals surface area contributed by atoms with Gasteiger partial charge in [-0.15, -0.1) is 12.4 Å². The third kappa shape index (κ3) is 2.55. The van der Waals surface area contributed by atoms with E-state index in [1.807, 2.05) is 36.5 Å². The molecule has 0 saturated heterocycles. The van der Waals surface area contributed by atoms with Crippen LogP contribution < -0.4 is 16.0 Å². The number of fused-ring (bicyclic) bond motifs is 2.